The molecule has 0 radical (unpaired) electrons. The maximum Gasteiger partial charge on any atom is 0.405 e. The van der Waals surface area contributed by atoms with E-state index in [1.54, 1.807) is 0 Å². The van der Waals surface area contributed by atoms with Gasteiger partial charge in [-0.2, -0.15) is 26.3 Å². The van der Waals surface area contributed by atoms with Gasteiger partial charge in [-0.3, -0.25) is 0 Å². The molecule has 0 heterocycles. The molecule has 202 valence electrons. The zero-order valence-electron chi connectivity index (χ0n) is 18.9. The molecular formula is C23H18Cl4F6N2S2. The first-order chi connectivity index (χ1) is 16.8. The first kappa shape index (κ1) is 31.9. The highest BCUT2D eigenvalue weighted by Gasteiger charge is 2.39. The summed E-state index contributed by atoms with van der Waals surface area (Å²) in [5.74, 6) is -2.04. The van der Waals surface area contributed by atoms with Crippen molar-refractivity contribution in [3.05, 3.63) is 73.2 Å². The van der Waals surface area contributed by atoms with Crippen LogP contribution in [0.25, 0.3) is 6.08 Å². The maximum atomic E-state index is 13.8. The highest BCUT2D eigenvalue weighted by Crippen LogP contribution is 2.41. The second-order valence-corrected chi connectivity index (χ2v) is 10.7. The molecule has 0 spiro atoms. The van der Waals surface area contributed by atoms with Crippen molar-refractivity contribution in [3.8, 4) is 0 Å². The minimum absolute atomic E-state index is 0.0518. The van der Waals surface area contributed by atoms with Gasteiger partial charge in [0.1, 0.15) is 16.5 Å². The lowest BCUT2D eigenvalue weighted by Crippen LogP contribution is -2.54. The molecule has 0 amide bonds. The van der Waals surface area contributed by atoms with Crippen molar-refractivity contribution in [2.75, 3.05) is 6.54 Å². The summed E-state index contributed by atoms with van der Waals surface area (Å²) in [6.45, 7) is 1.75. The Balaban J connectivity index is 2.24. The average molecular weight is 642 g/mol. The van der Waals surface area contributed by atoms with Gasteiger partial charge in [0.2, 0.25) is 0 Å². The topological polar surface area (TPSA) is 24.1 Å². The summed E-state index contributed by atoms with van der Waals surface area (Å²) in [5, 5.41) is 4.80. The highest BCUT2D eigenvalue weighted by atomic mass is 35.5. The van der Waals surface area contributed by atoms with E-state index in [1.165, 1.54) is 38.1 Å². The first-order valence-corrected chi connectivity index (χ1v) is 12.5. The second kappa shape index (κ2) is 12.3. The van der Waals surface area contributed by atoms with E-state index >= 15 is 0 Å². The summed E-state index contributed by atoms with van der Waals surface area (Å²) >= 11 is 34.3. The third kappa shape index (κ3) is 9.14. The molecule has 2 aromatic carbocycles. The predicted octanol–water partition coefficient (Wildman–Crippen LogP) is 9.18. The maximum absolute atomic E-state index is 13.8. The molecule has 1 atom stereocenters. The van der Waals surface area contributed by atoms with E-state index in [9.17, 15) is 26.3 Å². The van der Waals surface area contributed by atoms with Crippen LogP contribution >= 0.6 is 70.8 Å². The molecule has 0 bridgehead atoms. The van der Waals surface area contributed by atoms with Gasteiger partial charge in [-0.1, -0.05) is 89.1 Å². The number of thiocarbonyl (C=S) groups is 2. The number of allylic oxidation sites excluding steroid dienone is 1. The molecule has 2 N–H and O–H groups in total. The van der Waals surface area contributed by atoms with Crippen LogP contribution in [0.5, 0.6) is 0 Å². The molecule has 0 aliphatic carbocycles. The Labute approximate surface area is 240 Å². The van der Waals surface area contributed by atoms with Crippen molar-refractivity contribution in [1.82, 2.24) is 10.6 Å². The van der Waals surface area contributed by atoms with Gasteiger partial charge < -0.3 is 10.6 Å². The third-order valence-electron chi connectivity index (χ3n) is 4.88. The molecular weight excluding hydrogens is 624 g/mol. The van der Waals surface area contributed by atoms with E-state index < -0.39 is 30.4 Å². The summed E-state index contributed by atoms with van der Waals surface area (Å²) in [7, 11) is 0. The predicted molar refractivity (Wildman–Crippen MR) is 146 cm³/mol. The number of benzene rings is 2. The molecule has 1 unspecified atom stereocenters. The van der Waals surface area contributed by atoms with E-state index in [1.807, 2.05) is 0 Å². The van der Waals surface area contributed by atoms with Gasteiger partial charge in [-0.25, -0.2) is 0 Å². The summed E-state index contributed by atoms with van der Waals surface area (Å²) < 4.78 is 78.7. The fourth-order valence-electron chi connectivity index (χ4n) is 3.00. The van der Waals surface area contributed by atoms with Crippen molar-refractivity contribution in [2.45, 2.75) is 37.7 Å². The van der Waals surface area contributed by atoms with Gasteiger partial charge in [0, 0.05) is 5.56 Å². The van der Waals surface area contributed by atoms with E-state index in [2.05, 4.69) is 10.6 Å². The number of rotatable bonds is 7. The quantitative estimate of drug-likeness (QED) is 0.179. The highest BCUT2D eigenvalue weighted by molar-refractivity contribution is 7.81. The van der Waals surface area contributed by atoms with Crippen LogP contribution in [0.1, 0.15) is 36.5 Å². The number of halogens is 10. The molecule has 0 aliphatic heterocycles. The van der Waals surface area contributed by atoms with Crippen LogP contribution in [-0.2, 0) is 0 Å². The molecule has 0 saturated carbocycles. The van der Waals surface area contributed by atoms with Gasteiger partial charge in [-0.15, -0.1) is 0 Å². The average Bonchev–Trinajstić information content (AvgIpc) is 2.74. The lowest BCUT2D eigenvalue weighted by molar-refractivity contribution is -0.139. The zero-order valence-corrected chi connectivity index (χ0v) is 23.6. The van der Waals surface area contributed by atoms with Gasteiger partial charge in [0.25, 0.3) is 0 Å². The van der Waals surface area contributed by atoms with Crippen molar-refractivity contribution in [3.63, 3.8) is 0 Å². The summed E-state index contributed by atoms with van der Waals surface area (Å²) in [6, 6.07) is 6.53. The Morgan fingerprint density at radius 2 is 1.49 bits per heavy atom. The van der Waals surface area contributed by atoms with Crippen LogP contribution in [-0.4, -0.2) is 34.4 Å². The van der Waals surface area contributed by atoms with Crippen LogP contribution in [0.15, 0.2) is 36.4 Å². The fraction of sp³-hybridized carbons (Fsp3) is 0.304. The van der Waals surface area contributed by atoms with Crippen LogP contribution in [0.3, 0.4) is 0 Å². The monoisotopic (exact) mass is 640 g/mol. The van der Waals surface area contributed by atoms with Crippen LogP contribution in [0, 0.1) is 0 Å². The summed E-state index contributed by atoms with van der Waals surface area (Å²) in [4.78, 5) is -0.0382. The summed E-state index contributed by atoms with van der Waals surface area (Å²) in [5.41, 5.74) is -0.711. The molecule has 2 rings (SSSR count). The Bertz CT molecular complexity index is 1190. The fourth-order valence-corrected chi connectivity index (χ4v) is 4.51. The van der Waals surface area contributed by atoms with Gasteiger partial charge in [-0.05, 0) is 49.2 Å². The van der Waals surface area contributed by atoms with Crippen LogP contribution in [0.4, 0.5) is 26.3 Å². The van der Waals surface area contributed by atoms with Gasteiger partial charge in [0.05, 0.1) is 31.5 Å². The van der Waals surface area contributed by atoms with E-state index in [0.29, 0.717) is 11.1 Å². The molecule has 14 heteroatoms. The summed E-state index contributed by atoms with van der Waals surface area (Å²) in [6.07, 6.45) is -6.96. The largest absolute Gasteiger partial charge is 0.405 e. The molecule has 37 heavy (non-hydrogen) atoms. The minimum Gasteiger partial charge on any atom is -0.369 e. The lowest BCUT2D eigenvalue weighted by atomic mass is 9.97. The molecule has 0 aliphatic rings. The molecule has 2 nitrogen and oxygen atoms in total. The number of hydrogen-bond donors (Lipinski definition) is 2. The molecule has 0 fully saturated rings. The molecule has 0 aromatic heterocycles. The normalized spacial score (nSPS) is 13.5. The third-order valence-corrected chi connectivity index (χ3v) is 7.37. The van der Waals surface area contributed by atoms with Crippen molar-refractivity contribution < 1.29 is 26.3 Å². The smallest absolute Gasteiger partial charge is 0.369 e. The molecule has 0 saturated heterocycles. The number of nitrogens with one attached hydrogen (secondary N) is 2. The van der Waals surface area contributed by atoms with E-state index in [4.69, 9.17) is 70.8 Å². The Morgan fingerprint density at radius 1 is 0.919 bits per heavy atom. The van der Waals surface area contributed by atoms with Crippen LogP contribution in [0.2, 0.25) is 20.1 Å². The minimum atomic E-state index is -4.66. The SMILES string of the molecule is CC(C)(NC(=S)c1ccc(C=CC(c2cc(Cl)c(Cl)c(Cl)c2)C(F)(F)F)cc1Cl)C(=S)NCC(F)(F)F. The number of alkyl halides is 6. The van der Waals surface area contributed by atoms with Gasteiger partial charge in [0.15, 0.2) is 0 Å². The van der Waals surface area contributed by atoms with Crippen molar-refractivity contribution in [2.24, 2.45) is 0 Å². The van der Waals surface area contributed by atoms with Crippen molar-refractivity contribution in [1.29, 1.82) is 0 Å². The molecule has 2 aromatic rings. The Morgan fingerprint density at radius 3 is 1.97 bits per heavy atom. The van der Waals surface area contributed by atoms with E-state index in [0.717, 1.165) is 18.2 Å². The second-order valence-electron chi connectivity index (χ2n) is 8.29. The van der Waals surface area contributed by atoms with Crippen molar-refractivity contribution >= 4 is 86.9 Å². The Kier molecular flexibility index (Phi) is 10.6. The standard InChI is InChI=1S/C23H18Cl4F6N2S2/c1-21(2,20(37)34-10-22(28,29)30)35-19(36)13-5-3-11(7-15(13)24)4-6-14(23(31,32)33)12-8-16(25)18(27)17(26)9-12/h3-9,14H,10H2,1-2H3,(H,34,37)(H,35,36). The van der Waals surface area contributed by atoms with Gasteiger partial charge >= 0.3 is 12.4 Å². The van der Waals surface area contributed by atoms with E-state index in [-0.39, 0.29) is 35.6 Å². The zero-order chi connectivity index (χ0) is 28.3. The first-order valence-electron chi connectivity index (χ1n) is 10.2. The lowest BCUT2D eigenvalue weighted by Gasteiger charge is -2.29. The number of hydrogen-bond acceptors (Lipinski definition) is 2. The Hall–Kier alpha value is -1.30. The van der Waals surface area contributed by atoms with Crippen LogP contribution < -0.4 is 10.6 Å².